The van der Waals surface area contributed by atoms with Crippen LogP contribution in [0.25, 0.3) is 0 Å². The van der Waals surface area contributed by atoms with Gasteiger partial charge in [-0.1, -0.05) is 102 Å². The van der Waals surface area contributed by atoms with Crippen LogP contribution in [0.15, 0.2) is 24.4 Å². The molecule has 0 rings (SSSR count). The summed E-state index contributed by atoms with van der Waals surface area (Å²) in [6.07, 6.45) is 25.1. The number of nitrogens with one attached hydrogen (secondary N) is 1. The molecule has 0 saturated carbocycles. The van der Waals surface area contributed by atoms with E-state index >= 15 is 0 Å². The summed E-state index contributed by atoms with van der Waals surface area (Å²) in [5, 5.41) is 3.13. The predicted molar refractivity (Wildman–Crippen MR) is 116 cm³/mol. The molecule has 0 fully saturated rings. The number of hydrogen-bond donors (Lipinski definition) is 1. The van der Waals surface area contributed by atoms with Crippen molar-refractivity contribution in [2.75, 3.05) is 7.05 Å². The van der Waals surface area contributed by atoms with Gasteiger partial charge in [-0.25, -0.2) is 0 Å². The molecular formula is C24H47N. The SMILES string of the molecule is C=C(C)CCCCCCCCCCCCCCCCCCC(=C)NC. The van der Waals surface area contributed by atoms with Crippen molar-refractivity contribution in [2.45, 2.75) is 122 Å². The van der Waals surface area contributed by atoms with E-state index in [1.165, 1.54) is 120 Å². The minimum atomic E-state index is 1.14. The molecule has 0 atom stereocenters. The van der Waals surface area contributed by atoms with E-state index < -0.39 is 0 Å². The van der Waals surface area contributed by atoms with Crippen molar-refractivity contribution in [1.29, 1.82) is 0 Å². The van der Waals surface area contributed by atoms with Gasteiger partial charge < -0.3 is 5.32 Å². The molecule has 0 bridgehead atoms. The predicted octanol–water partition coefficient (Wildman–Crippen LogP) is 8.32. The topological polar surface area (TPSA) is 12.0 Å². The van der Waals surface area contributed by atoms with Gasteiger partial charge in [-0.3, -0.25) is 0 Å². The maximum Gasteiger partial charge on any atom is 0.00310 e. The van der Waals surface area contributed by atoms with E-state index in [4.69, 9.17) is 0 Å². The molecule has 25 heavy (non-hydrogen) atoms. The van der Waals surface area contributed by atoms with E-state index in [1.807, 2.05) is 7.05 Å². The Balaban J connectivity index is 3.03. The summed E-state index contributed by atoms with van der Waals surface area (Å²) in [7, 11) is 1.97. The molecule has 0 saturated heterocycles. The van der Waals surface area contributed by atoms with E-state index in [2.05, 4.69) is 25.4 Å². The molecule has 148 valence electrons. The van der Waals surface area contributed by atoms with Crippen LogP contribution < -0.4 is 5.32 Å². The molecule has 1 N–H and O–H groups in total. The average molecular weight is 350 g/mol. The molecule has 0 amide bonds. The standard InChI is InChI=1S/C24H47N/c1-23(2)21-19-17-15-13-11-9-7-5-6-8-10-12-14-16-18-20-22-24(3)25-4/h25H,1,3,5-22H2,2,4H3. The van der Waals surface area contributed by atoms with Crippen molar-refractivity contribution < 1.29 is 0 Å². The lowest BCUT2D eigenvalue weighted by Crippen LogP contribution is -2.03. The summed E-state index contributed by atoms with van der Waals surface area (Å²) in [5.41, 5.74) is 2.53. The van der Waals surface area contributed by atoms with Gasteiger partial charge >= 0.3 is 0 Å². The minimum Gasteiger partial charge on any atom is -0.392 e. The number of allylic oxidation sites excluding steroid dienone is 2. The van der Waals surface area contributed by atoms with E-state index in [0.29, 0.717) is 0 Å². The molecule has 0 aromatic heterocycles. The monoisotopic (exact) mass is 349 g/mol. The van der Waals surface area contributed by atoms with Crippen LogP contribution in [0.3, 0.4) is 0 Å². The van der Waals surface area contributed by atoms with Crippen molar-refractivity contribution in [3.8, 4) is 0 Å². The molecule has 0 spiro atoms. The number of rotatable bonds is 20. The van der Waals surface area contributed by atoms with Crippen LogP contribution in [0.4, 0.5) is 0 Å². The zero-order valence-electron chi connectivity index (χ0n) is 17.6. The van der Waals surface area contributed by atoms with Gasteiger partial charge in [-0.2, -0.15) is 0 Å². The first-order valence-corrected chi connectivity index (χ1v) is 11.2. The highest BCUT2D eigenvalue weighted by Crippen LogP contribution is 2.15. The van der Waals surface area contributed by atoms with Crippen LogP contribution in [-0.4, -0.2) is 7.05 Å². The van der Waals surface area contributed by atoms with Crippen LogP contribution in [0.2, 0.25) is 0 Å². The van der Waals surface area contributed by atoms with E-state index in [0.717, 1.165) is 6.42 Å². The summed E-state index contributed by atoms with van der Waals surface area (Å²) in [6, 6.07) is 0. The Hall–Kier alpha value is -0.720. The van der Waals surface area contributed by atoms with Gasteiger partial charge in [0.05, 0.1) is 0 Å². The van der Waals surface area contributed by atoms with Crippen LogP contribution >= 0.6 is 0 Å². The molecule has 0 heterocycles. The Labute approximate surface area is 159 Å². The average Bonchev–Trinajstić information content (AvgIpc) is 2.60. The van der Waals surface area contributed by atoms with Crippen molar-refractivity contribution >= 4 is 0 Å². The van der Waals surface area contributed by atoms with Gasteiger partial charge in [0.2, 0.25) is 0 Å². The lowest BCUT2D eigenvalue weighted by molar-refractivity contribution is 0.527. The first kappa shape index (κ1) is 24.3. The van der Waals surface area contributed by atoms with Gasteiger partial charge in [-0.05, 0) is 32.6 Å². The Bertz CT molecular complexity index is 305. The lowest BCUT2D eigenvalue weighted by Gasteiger charge is -2.05. The second-order valence-electron chi connectivity index (χ2n) is 7.97. The van der Waals surface area contributed by atoms with Gasteiger partial charge in [-0.15, -0.1) is 6.58 Å². The van der Waals surface area contributed by atoms with E-state index in [9.17, 15) is 0 Å². The molecule has 0 aliphatic carbocycles. The van der Waals surface area contributed by atoms with Gasteiger partial charge in [0, 0.05) is 12.7 Å². The molecule has 0 aromatic rings. The fourth-order valence-electron chi connectivity index (χ4n) is 3.37. The molecule has 0 aliphatic rings. The van der Waals surface area contributed by atoms with Gasteiger partial charge in [0.15, 0.2) is 0 Å². The zero-order valence-corrected chi connectivity index (χ0v) is 17.6. The Kier molecular flexibility index (Phi) is 19.0. The molecular weight excluding hydrogens is 302 g/mol. The Morgan fingerprint density at radius 2 is 0.800 bits per heavy atom. The maximum absolute atomic E-state index is 3.98. The third-order valence-corrected chi connectivity index (χ3v) is 5.19. The second kappa shape index (κ2) is 19.6. The van der Waals surface area contributed by atoms with E-state index in [1.54, 1.807) is 0 Å². The van der Waals surface area contributed by atoms with E-state index in [-0.39, 0.29) is 0 Å². The number of unbranched alkanes of at least 4 members (excludes halogenated alkanes) is 15. The summed E-state index contributed by atoms with van der Waals surface area (Å²) >= 11 is 0. The third kappa shape index (κ3) is 21.2. The van der Waals surface area contributed by atoms with Crippen LogP contribution in [-0.2, 0) is 0 Å². The molecule has 0 aromatic carbocycles. The summed E-state index contributed by atoms with van der Waals surface area (Å²) in [4.78, 5) is 0. The molecule has 0 radical (unpaired) electrons. The summed E-state index contributed by atoms with van der Waals surface area (Å²) < 4.78 is 0. The van der Waals surface area contributed by atoms with Crippen LogP contribution in [0.1, 0.15) is 122 Å². The first-order valence-electron chi connectivity index (χ1n) is 11.2. The Morgan fingerprint density at radius 3 is 1.08 bits per heavy atom. The van der Waals surface area contributed by atoms with Crippen LogP contribution in [0.5, 0.6) is 0 Å². The maximum atomic E-state index is 3.98. The largest absolute Gasteiger partial charge is 0.392 e. The molecule has 1 nitrogen and oxygen atoms in total. The summed E-state index contributed by atoms with van der Waals surface area (Å²) in [5.74, 6) is 0. The van der Waals surface area contributed by atoms with Crippen molar-refractivity contribution in [3.05, 3.63) is 24.4 Å². The van der Waals surface area contributed by atoms with Crippen molar-refractivity contribution in [2.24, 2.45) is 0 Å². The highest BCUT2D eigenvalue weighted by atomic mass is 14.8. The van der Waals surface area contributed by atoms with Gasteiger partial charge in [0.1, 0.15) is 0 Å². The minimum absolute atomic E-state index is 1.14. The van der Waals surface area contributed by atoms with Crippen molar-refractivity contribution in [3.63, 3.8) is 0 Å². The quantitative estimate of drug-likeness (QED) is 0.172. The highest BCUT2D eigenvalue weighted by molar-refractivity contribution is 4.88. The fourth-order valence-corrected chi connectivity index (χ4v) is 3.37. The lowest BCUT2D eigenvalue weighted by atomic mass is 10.0. The van der Waals surface area contributed by atoms with Gasteiger partial charge in [0.25, 0.3) is 0 Å². The number of hydrogen-bond acceptors (Lipinski definition) is 1. The van der Waals surface area contributed by atoms with Crippen LogP contribution in [0, 0.1) is 0 Å². The third-order valence-electron chi connectivity index (χ3n) is 5.19. The molecule has 0 aliphatic heterocycles. The van der Waals surface area contributed by atoms with Crippen molar-refractivity contribution in [1.82, 2.24) is 5.32 Å². The zero-order chi connectivity index (χ0) is 18.6. The summed E-state index contributed by atoms with van der Waals surface area (Å²) in [6.45, 7) is 10.1. The fraction of sp³-hybridized carbons (Fsp3) is 0.833. The molecule has 0 unspecified atom stereocenters. The second-order valence-corrected chi connectivity index (χ2v) is 7.97. The normalized spacial score (nSPS) is 10.8. The Morgan fingerprint density at radius 1 is 0.520 bits per heavy atom. The molecule has 1 heteroatoms. The smallest absolute Gasteiger partial charge is 0.00310 e. The highest BCUT2D eigenvalue weighted by Gasteiger charge is 1.96. The first-order chi connectivity index (χ1) is 12.2.